The first-order valence-electron chi connectivity index (χ1n) is 6.60. The van der Waals surface area contributed by atoms with Gasteiger partial charge in [0.15, 0.2) is 0 Å². The molecule has 0 aliphatic carbocycles. The van der Waals surface area contributed by atoms with Gasteiger partial charge >= 0.3 is 0 Å². The zero-order valence-corrected chi connectivity index (χ0v) is 12.5. The van der Waals surface area contributed by atoms with E-state index >= 15 is 0 Å². The van der Waals surface area contributed by atoms with Gasteiger partial charge in [-0.25, -0.2) is 17.5 Å². The maximum Gasteiger partial charge on any atom is 0.242 e. The van der Waals surface area contributed by atoms with Gasteiger partial charge in [0.2, 0.25) is 10.0 Å². The van der Waals surface area contributed by atoms with Gasteiger partial charge in [-0.1, -0.05) is 31.2 Å². The third-order valence-electron chi connectivity index (χ3n) is 2.88. The first-order chi connectivity index (χ1) is 10.0. The molecule has 0 fully saturated rings. The number of para-hydroxylation sites is 1. The summed E-state index contributed by atoms with van der Waals surface area (Å²) in [5.74, 6) is -0.317. The average molecular weight is 308 g/mol. The first-order valence-corrected chi connectivity index (χ1v) is 8.08. The van der Waals surface area contributed by atoms with Crippen LogP contribution in [0.5, 0.6) is 0 Å². The molecular formula is C15H17FN2O2S. The zero-order valence-electron chi connectivity index (χ0n) is 11.6. The number of rotatable bonds is 6. The highest BCUT2D eigenvalue weighted by atomic mass is 32.2. The second-order valence-electron chi connectivity index (χ2n) is 4.48. The molecule has 112 valence electrons. The number of hydrogen-bond donors (Lipinski definition) is 2. The lowest BCUT2D eigenvalue weighted by Crippen LogP contribution is -2.24. The Kier molecular flexibility index (Phi) is 4.93. The summed E-state index contributed by atoms with van der Waals surface area (Å²) in [5, 5.41) is 3.04. The van der Waals surface area contributed by atoms with Crippen molar-refractivity contribution in [2.75, 3.05) is 11.9 Å². The van der Waals surface area contributed by atoms with E-state index in [-0.39, 0.29) is 10.7 Å². The average Bonchev–Trinajstić information content (AvgIpc) is 2.45. The van der Waals surface area contributed by atoms with E-state index in [0.29, 0.717) is 18.8 Å². The quantitative estimate of drug-likeness (QED) is 0.862. The van der Waals surface area contributed by atoms with E-state index in [1.807, 2.05) is 0 Å². The topological polar surface area (TPSA) is 58.2 Å². The van der Waals surface area contributed by atoms with Crippen molar-refractivity contribution >= 4 is 15.7 Å². The number of sulfonamides is 1. The molecule has 2 rings (SSSR count). The second-order valence-corrected chi connectivity index (χ2v) is 6.22. The lowest BCUT2D eigenvalue weighted by Gasteiger charge is -2.12. The largest absolute Gasteiger partial charge is 0.380 e. The maximum atomic E-state index is 13.1. The van der Waals surface area contributed by atoms with Gasteiger partial charge in [-0.2, -0.15) is 0 Å². The zero-order chi connectivity index (χ0) is 15.3. The van der Waals surface area contributed by atoms with Crippen molar-refractivity contribution < 1.29 is 12.8 Å². The van der Waals surface area contributed by atoms with Crippen LogP contribution in [0.25, 0.3) is 0 Å². The van der Waals surface area contributed by atoms with Crippen LogP contribution in [0.1, 0.15) is 12.5 Å². The lowest BCUT2D eigenvalue weighted by atomic mass is 10.2. The van der Waals surface area contributed by atoms with Crippen LogP contribution in [0.3, 0.4) is 0 Å². The van der Waals surface area contributed by atoms with Gasteiger partial charge in [-0.05, 0) is 29.8 Å². The number of benzene rings is 2. The Labute approximate surface area is 124 Å². The Bertz CT molecular complexity index is 717. The van der Waals surface area contributed by atoms with Crippen molar-refractivity contribution in [1.82, 2.24) is 4.72 Å². The fourth-order valence-electron chi connectivity index (χ4n) is 1.96. The summed E-state index contributed by atoms with van der Waals surface area (Å²) in [6, 6.07) is 12.8. The standard InChI is InChI=1S/C15H17FN2O2S/c1-2-18-21(19,20)15-9-4-3-8-14(15)17-11-12-6-5-7-13(16)10-12/h3-10,17-18H,2,11H2,1H3. The van der Waals surface area contributed by atoms with Crippen LogP contribution in [-0.4, -0.2) is 15.0 Å². The van der Waals surface area contributed by atoms with Gasteiger partial charge in [0, 0.05) is 13.1 Å². The van der Waals surface area contributed by atoms with E-state index in [0.717, 1.165) is 5.56 Å². The minimum absolute atomic E-state index is 0.184. The highest BCUT2D eigenvalue weighted by molar-refractivity contribution is 7.89. The van der Waals surface area contributed by atoms with E-state index in [2.05, 4.69) is 10.0 Å². The Hall–Kier alpha value is -1.92. The monoisotopic (exact) mass is 308 g/mol. The maximum absolute atomic E-state index is 13.1. The summed E-state index contributed by atoms with van der Waals surface area (Å²) in [4.78, 5) is 0.184. The van der Waals surface area contributed by atoms with Gasteiger partial charge in [0.05, 0.1) is 5.69 Å². The van der Waals surface area contributed by atoms with E-state index in [1.165, 1.54) is 18.2 Å². The van der Waals surface area contributed by atoms with Crippen LogP contribution in [0, 0.1) is 5.82 Å². The molecule has 2 aromatic carbocycles. The second kappa shape index (κ2) is 6.69. The SMILES string of the molecule is CCNS(=O)(=O)c1ccccc1NCc1cccc(F)c1. The molecule has 21 heavy (non-hydrogen) atoms. The molecule has 0 bridgehead atoms. The highest BCUT2D eigenvalue weighted by Gasteiger charge is 2.16. The minimum Gasteiger partial charge on any atom is -0.380 e. The summed E-state index contributed by atoms with van der Waals surface area (Å²) in [7, 11) is -3.54. The van der Waals surface area contributed by atoms with Crippen molar-refractivity contribution in [3.63, 3.8) is 0 Å². The minimum atomic E-state index is -3.54. The molecule has 0 saturated carbocycles. The van der Waals surface area contributed by atoms with Gasteiger partial charge < -0.3 is 5.32 Å². The first kappa shape index (κ1) is 15.5. The fraction of sp³-hybridized carbons (Fsp3) is 0.200. The molecule has 0 radical (unpaired) electrons. The van der Waals surface area contributed by atoms with Crippen molar-refractivity contribution in [3.8, 4) is 0 Å². The van der Waals surface area contributed by atoms with Crippen molar-refractivity contribution in [2.45, 2.75) is 18.4 Å². The summed E-state index contributed by atoms with van der Waals surface area (Å²) < 4.78 is 39.8. The van der Waals surface area contributed by atoms with Crippen LogP contribution in [-0.2, 0) is 16.6 Å². The Morgan fingerprint density at radius 3 is 2.57 bits per heavy atom. The Balaban J connectivity index is 2.21. The van der Waals surface area contributed by atoms with Crippen LogP contribution in [0.4, 0.5) is 10.1 Å². The Morgan fingerprint density at radius 1 is 1.10 bits per heavy atom. The van der Waals surface area contributed by atoms with Crippen LogP contribution in [0.2, 0.25) is 0 Å². The van der Waals surface area contributed by atoms with E-state index < -0.39 is 10.0 Å². The number of hydrogen-bond acceptors (Lipinski definition) is 3. The molecule has 0 spiro atoms. The van der Waals surface area contributed by atoms with Crippen molar-refractivity contribution in [2.24, 2.45) is 0 Å². The molecular weight excluding hydrogens is 291 g/mol. The molecule has 2 aromatic rings. The van der Waals surface area contributed by atoms with Crippen LogP contribution >= 0.6 is 0 Å². The smallest absolute Gasteiger partial charge is 0.242 e. The van der Waals surface area contributed by atoms with Crippen molar-refractivity contribution in [1.29, 1.82) is 0 Å². The normalized spacial score (nSPS) is 11.3. The van der Waals surface area contributed by atoms with Crippen LogP contribution in [0.15, 0.2) is 53.4 Å². The van der Waals surface area contributed by atoms with E-state index in [1.54, 1.807) is 37.3 Å². The molecule has 4 nitrogen and oxygen atoms in total. The van der Waals surface area contributed by atoms with Gasteiger partial charge in [0.1, 0.15) is 10.7 Å². The van der Waals surface area contributed by atoms with Crippen molar-refractivity contribution in [3.05, 3.63) is 59.9 Å². The van der Waals surface area contributed by atoms with Gasteiger partial charge in [-0.15, -0.1) is 0 Å². The third kappa shape index (κ3) is 4.03. The highest BCUT2D eigenvalue weighted by Crippen LogP contribution is 2.21. The summed E-state index contributed by atoms with van der Waals surface area (Å²) in [6.07, 6.45) is 0. The van der Waals surface area contributed by atoms with Gasteiger partial charge in [-0.3, -0.25) is 0 Å². The third-order valence-corrected chi connectivity index (χ3v) is 4.49. The lowest BCUT2D eigenvalue weighted by molar-refractivity contribution is 0.584. The summed E-state index contributed by atoms with van der Waals surface area (Å²) >= 11 is 0. The molecule has 0 unspecified atom stereocenters. The van der Waals surface area contributed by atoms with E-state index in [4.69, 9.17) is 0 Å². The molecule has 0 aliphatic rings. The predicted molar refractivity (Wildman–Crippen MR) is 81.0 cm³/mol. The molecule has 0 saturated heterocycles. The fourth-order valence-corrected chi connectivity index (χ4v) is 3.18. The number of nitrogens with one attached hydrogen (secondary N) is 2. The molecule has 6 heteroatoms. The summed E-state index contributed by atoms with van der Waals surface area (Å²) in [5.41, 5.74) is 1.23. The van der Waals surface area contributed by atoms with Gasteiger partial charge in [0.25, 0.3) is 0 Å². The molecule has 0 heterocycles. The predicted octanol–water partition coefficient (Wildman–Crippen LogP) is 2.74. The molecule has 0 aromatic heterocycles. The molecule has 0 atom stereocenters. The number of anilines is 1. The Morgan fingerprint density at radius 2 is 1.86 bits per heavy atom. The van der Waals surface area contributed by atoms with Crippen LogP contribution < -0.4 is 10.0 Å². The van der Waals surface area contributed by atoms with E-state index in [9.17, 15) is 12.8 Å². The molecule has 0 amide bonds. The number of halogens is 1. The summed E-state index contributed by atoms with van der Waals surface area (Å²) in [6.45, 7) is 2.39. The molecule has 0 aliphatic heterocycles. The molecule has 2 N–H and O–H groups in total.